The summed E-state index contributed by atoms with van der Waals surface area (Å²) in [7, 11) is 0. The number of aryl methyl sites for hydroxylation is 2. The number of benzene rings is 1. The molecule has 3 rings (SSSR count). The Labute approximate surface area is 159 Å². The molecule has 6 heteroatoms. The number of nitrogens with one attached hydrogen (secondary N) is 1. The van der Waals surface area contributed by atoms with Gasteiger partial charge in [0.15, 0.2) is 5.78 Å². The molecule has 132 valence electrons. The van der Waals surface area contributed by atoms with Crippen LogP contribution in [0.1, 0.15) is 51.0 Å². The van der Waals surface area contributed by atoms with Crippen molar-refractivity contribution in [2.75, 3.05) is 6.61 Å². The van der Waals surface area contributed by atoms with Gasteiger partial charge in [0.2, 0.25) is 5.91 Å². The first kappa shape index (κ1) is 18.1. The van der Waals surface area contributed by atoms with Crippen molar-refractivity contribution in [3.05, 3.63) is 49.6 Å². The van der Waals surface area contributed by atoms with Crippen LogP contribution in [0, 0.1) is 13.8 Å². The third-order valence-electron chi connectivity index (χ3n) is 4.27. The van der Waals surface area contributed by atoms with Crippen molar-refractivity contribution >= 4 is 39.0 Å². The van der Waals surface area contributed by atoms with Gasteiger partial charge in [0.1, 0.15) is 5.75 Å². The molecule has 0 spiro atoms. The van der Waals surface area contributed by atoms with Crippen LogP contribution in [-0.2, 0) is 4.79 Å². The number of rotatable bonds is 5. The summed E-state index contributed by atoms with van der Waals surface area (Å²) < 4.78 is 6.59. The third kappa shape index (κ3) is 4.30. The third-order valence-corrected chi connectivity index (χ3v) is 5.73. The van der Waals surface area contributed by atoms with Gasteiger partial charge in [0, 0.05) is 44.6 Å². The summed E-state index contributed by atoms with van der Waals surface area (Å²) in [4.78, 5) is 26.8. The number of carbonyl (C=O) groups excluding carboxylic acids is 2. The lowest BCUT2D eigenvalue weighted by atomic mass is 10.00. The van der Waals surface area contributed by atoms with E-state index in [-0.39, 0.29) is 30.6 Å². The van der Waals surface area contributed by atoms with E-state index in [0.717, 1.165) is 37.5 Å². The Hall–Kier alpha value is -1.66. The highest BCUT2D eigenvalue weighted by atomic mass is 79.9. The lowest BCUT2D eigenvalue weighted by molar-refractivity contribution is -0.122. The molecule has 1 aromatic carbocycles. The van der Waals surface area contributed by atoms with Gasteiger partial charge in [-0.2, -0.15) is 0 Å². The number of hydrogen-bond donors (Lipinski definition) is 1. The summed E-state index contributed by atoms with van der Waals surface area (Å²) in [5.74, 6) is 0.739. The molecule has 0 bridgehead atoms. The first-order valence-corrected chi connectivity index (χ1v) is 9.87. The number of ether oxygens (including phenoxy) is 1. The zero-order valence-corrected chi connectivity index (χ0v) is 16.6. The second-order valence-electron chi connectivity index (χ2n) is 6.19. The van der Waals surface area contributed by atoms with Crippen LogP contribution in [0.2, 0.25) is 0 Å². The second kappa shape index (κ2) is 7.70. The number of hydrogen-bond acceptors (Lipinski definition) is 4. The normalized spacial score (nSPS) is 16.0. The molecule has 2 aromatic rings. The number of fused-ring (bicyclic) bond motifs is 1. The molecule has 1 aromatic heterocycles. The summed E-state index contributed by atoms with van der Waals surface area (Å²) in [6.45, 7) is 4.51. The average molecular weight is 422 g/mol. The predicted octanol–water partition coefficient (Wildman–Crippen LogP) is 4.73. The van der Waals surface area contributed by atoms with Gasteiger partial charge in [-0.1, -0.05) is 15.9 Å². The minimum Gasteiger partial charge on any atom is -0.493 e. The van der Waals surface area contributed by atoms with E-state index in [4.69, 9.17) is 4.74 Å². The summed E-state index contributed by atoms with van der Waals surface area (Å²) in [5.41, 5.74) is 1.72. The van der Waals surface area contributed by atoms with Crippen molar-refractivity contribution in [2.24, 2.45) is 0 Å². The molecule has 1 unspecified atom stereocenters. The summed E-state index contributed by atoms with van der Waals surface area (Å²) in [5, 5.41) is 3.04. The van der Waals surface area contributed by atoms with Gasteiger partial charge >= 0.3 is 0 Å². The number of Topliss-reactive ketones (excluding diaryl/α,β-unsaturated/α-hetero) is 1. The maximum absolute atomic E-state index is 12.3. The second-order valence-corrected chi connectivity index (χ2v) is 8.57. The van der Waals surface area contributed by atoms with Crippen LogP contribution in [0.15, 0.2) is 28.7 Å². The van der Waals surface area contributed by atoms with Gasteiger partial charge in [0.05, 0.1) is 12.6 Å². The lowest BCUT2D eigenvalue weighted by Gasteiger charge is -2.27. The lowest BCUT2D eigenvalue weighted by Crippen LogP contribution is -2.32. The van der Waals surface area contributed by atoms with Crippen molar-refractivity contribution in [1.29, 1.82) is 0 Å². The molecule has 0 fully saturated rings. The molecular formula is C19H20BrNO3S. The molecule has 0 radical (unpaired) electrons. The molecule has 1 N–H and O–H groups in total. The number of ketones is 1. The van der Waals surface area contributed by atoms with E-state index in [2.05, 4.69) is 21.2 Å². The van der Waals surface area contributed by atoms with Gasteiger partial charge in [0.25, 0.3) is 0 Å². The number of amides is 1. The maximum Gasteiger partial charge on any atom is 0.220 e. The maximum atomic E-state index is 12.3. The average Bonchev–Trinajstić information content (AvgIpc) is 2.92. The molecule has 0 saturated carbocycles. The number of thiophene rings is 1. The Kier molecular flexibility index (Phi) is 5.59. The van der Waals surface area contributed by atoms with Crippen molar-refractivity contribution in [3.8, 4) is 5.75 Å². The van der Waals surface area contributed by atoms with Crippen LogP contribution in [0.25, 0.3) is 0 Å². The minimum atomic E-state index is -0.101. The molecule has 2 heterocycles. The van der Waals surface area contributed by atoms with Crippen molar-refractivity contribution in [3.63, 3.8) is 0 Å². The molecule has 0 saturated heterocycles. The van der Waals surface area contributed by atoms with E-state index in [1.807, 2.05) is 38.1 Å². The molecule has 0 aliphatic carbocycles. The van der Waals surface area contributed by atoms with Crippen LogP contribution >= 0.6 is 27.3 Å². The van der Waals surface area contributed by atoms with E-state index >= 15 is 0 Å². The predicted molar refractivity (Wildman–Crippen MR) is 102 cm³/mol. The Morgan fingerprint density at radius 2 is 2.08 bits per heavy atom. The van der Waals surface area contributed by atoms with E-state index in [1.165, 1.54) is 0 Å². The molecule has 4 nitrogen and oxygen atoms in total. The van der Waals surface area contributed by atoms with E-state index in [0.29, 0.717) is 6.61 Å². The van der Waals surface area contributed by atoms with E-state index in [9.17, 15) is 9.59 Å². The highest BCUT2D eigenvalue weighted by Gasteiger charge is 2.23. The fourth-order valence-electron chi connectivity index (χ4n) is 3.05. The van der Waals surface area contributed by atoms with Crippen LogP contribution in [0.4, 0.5) is 0 Å². The summed E-state index contributed by atoms with van der Waals surface area (Å²) in [6, 6.07) is 7.64. The fraction of sp³-hybridized carbons (Fsp3) is 0.368. The first-order valence-electron chi connectivity index (χ1n) is 8.26. The standard InChI is InChI=1S/C19H20BrNO3S/c1-11-9-14(12(2)25-11)17(22)4-6-19(23)21-16-7-8-24-18-5-3-13(20)10-15(16)18/h3,5,9-10,16H,4,6-8H2,1-2H3,(H,21,23). The minimum absolute atomic E-state index is 0.0344. The van der Waals surface area contributed by atoms with E-state index < -0.39 is 0 Å². The Morgan fingerprint density at radius 1 is 1.28 bits per heavy atom. The smallest absolute Gasteiger partial charge is 0.220 e. The van der Waals surface area contributed by atoms with Gasteiger partial charge in [-0.05, 0) is 38.1 Å². The summed E-state index contributed by atoms with van der Waals surface area (Å²) in [6.07, 6.45) is 1.16. The first-order chi connectivity index (χ1) is 11.9. The molecule has 25 heavy (non-hydrogen) atoms. The topological polar surface area (TPSA) is 55.4 Å². The van der Waals surface area contributed by atoms with Crippen molar-refractivity contribution in [1.82, 2.24) is 5.32 Å². The van der Waals surface area contributed by atoms with Gasteiger partial charge in [-0.15, -0.1) is 11.3 Å². The fourth-order valence-corrected chi connectivity index (χ4v) is 4.37. The highest BCUT2D eigenvalue weighted by molar-refractivity contribution is 9.10. The molecular weight excluding hydrogens is 402 g/mol. The Balaban J connectivity index is 1.60. The van der Waals surface area contributed by atoms with Gasteiger partial charge in [-0.25, -0.2) is 0 Å². The van der Waals surface area contributed by atoms with Crippen LogP contribution in [0.5, 0.6) is 5.75 Å². The van der Waals surface area contributed by atoms with E-state index in [1.54, 1.807) is 11.3 Å². The molecule has 1 amide bonds. The van der Waals surface area contributed by atoms with Crippen molar-refractivity contribution in [2.45, 2.75) is 39.2 Å². The number of carbonyl (C=O) groups is 2. The SMILES string of the molecule is Cc1cc(C(=O)CCC(=O)NC2CCOc3ccc(Br)cc32)c(C)s1. The molecule has 1 atom stereocenters. The zero-order chi connectivity index (χ0) is 18.0. The van der Waals surface area contributed by atoms with Crippen LogP contribution in [0.3, 0.4) is 0 Å². The van der Waals surface area contributed by atoms with Crippen molar-refractivity contribution < 1.29 is 14.3 Å². The van der Waals surface area contributed by atoms with Gasteiger partial charge in [-0.3, -0.25) is 9.59 Å². The van der Waals surface area contributed by atoms with Crippen LogP contribution in [-0.4, -0.2) is 18.3 Å². The quantitative estimate of drug-likeness (QED) is 0.709. The highest BCUT2D eigenvalue weighted by Crippen LogP contribution is 2.34. The number of halogens is 1. The Morgan fingerprint density at radius 3 is 2.80 bits per heavy atom. The molecule has 1 aliphatic rings. The zero-order valence-electron chi connectivity index (χ0n) is 14.2. The Bertz CT molecular complexity index is 815. The van der Waals surface area contributed by atoms with Crippen LogP contribution < -0.4 is 10.1 Å². The molecule has 1 aliphatic heterocycles. The monoisotopic (exact) mass is 421 g/mol. The van der Waals surface area contributed by atoms with Gasteiger partial charge < -0.3 is 10.1 Å². The summed E-state index contributed by atoms with van der Waals surface area (Å²) >= 11 is 5.07. The largest absolute Gasteiger partial charge is 0.493 e.